The van der Waals surface area contributed by atoms with E-state index in [0.717, 1.165) is 25.9 Å². The number of piperidine rings is 1. The summed E-state index contributed by atoms with van der Waals surface area (Å²) in [4.78, 5) is 32.8. The van der Waals surface area contributed by atoms with Crippen molar-refractivity contribution in [2.45, 2.75) is 25.8 Å². The molecule has 3 aliphatic rings. The topological polar surface area (TPSA) is 62.7 Å². The third-order valence-electron chi connectivity index (χ3n) is 4.68. The van der Waals surface area contributed by atoms with E-state index in [1.807, 2.05) is 16.7 Å². The van der Waals surface area contributed by atoms with Gasteiger partial charge in [0.25, 0.3) is 5.91 Å². The van der Waals surface area contributed by atoms with Crippen LogP contribution in [0.4, 0.5) is 0 Å². The highest BCUT2D eigenvalue weighted by atomic mass is 16.5. The predicted molar refractivity (Wildman–Crippen MR) is 84.9 cm³/mol. The van der Waals surface area contributed by atoms with Gasteiger partial charge in [-0.25, -0.2) is 0 Å². The molecule has 0 unspecified atom stereocenters. The molecule has 2 atom stereocenters. The van der Waals surface area contributed by atoms with Crippen LogP contribution < -0.4 is 0 Å². The summed E-state index contributed by atoms with van der Waals surface area (Å²) in [5.41, 5.74) is 0.661. The molecular weight excluding hydrogens is 294 g/mol. The molecule has 1 aromatic rings. The standard InChI is InChI=1S/C17H23N3O3/c1-2-23-12-16(21)20-10-13-3-4-15(20)11-19(9-13)17(22)14-5-7-18-8-6-14/h5-8,13,15H,2-4,9-12H2,1H3/t13-,15+/m1/s1. The van der Waals surface area contributed by atoms with Gasteiger partial charge in [0.1, 0.15) is 6.61 Å². The Labute approximate surface area is 136 Å². The van der Waals surface area contributed by atoms with Crippen LogP contribution in [-0.4, -0.2) is 65.5 Å². The van der Waals surface area contributed by atoms with Gasteiger partial charge >= 0.3 is 0 Å². The maximum atomic E-state index is 12.7. The van der Waals surface area contributed by atoms with Gasteiger partial charge in [-0.15, -0.1) is 0 Å². The molecule has 4 rings (SSSR count). The molecule has 23 heavy (non-hydrogen) atoms. The number of hydrogen-bond acceptors (Lipinski definition) is 4. The molecule has 0 spiro atoms. The van der Waals surface area contributed by atoms with Crippen molar-refractivity contribution in [3.63, 3.8) is 0 Å². The van der Waals surface area contributed by atoms with Gasteiger partial charge < -0.3 is 14.5 Å². The Hall–Kier alpha value is -1.95. The highest BCUT2D eigenvalue weighted by molar-refractivity contribution is 5.94. The van der Waals surface area contributed by atoms with E-state index in [9.17, 15) is 9.59 Å². The Bertz CT molecular complexity index is 563. The number of nitrogens with zero attached hydrogens (tertiary/aromatic N) is 3. The molecule has 0 N–H and O–H groups in total. The molecule has 2 bridgehead atoms. The summed E-state index contributed by atoms with van der Waals surface area (Å²) in [5.74, 6) is 0.424. The van der Waals surface area contributed by atoms with Crippen LogP contribution in [0.1, 0.15) is 30.1 Å². The van der Waals surface area contributed by atoms with Gasteiger partial charge in [-0.3, -0.25) is 14.6 Å². The molecule has 6 nitrogen and oxygen atoms in total. The molecule has 0 aromatic carbocycles. The van der Waals surface area contributed by atoms with E-state index >= 15 is 0 Å². The van der Waals surface area contributed by atoms with Crippen LogP contribution in [0.3, 0.4) is 0 Å². The lowest BCUT2D eigenvalue weighted by Gasteiger charge is -2.36. The average Bonchev–Trinajstić information content (AvgIpc) is 2.91. The van der Waals surface area contributed by atoms with E-state index < -0.39 is 0 Å². The fraction of sp³-hybridized carbons (Fsp3) is 0.588. The minimum Gasteiger partial charge on any atom is -0.372 e. The lowest BCUT2D eigenvalue weighted by Crippen LogP contribution is -2.49. The first kappa shape index (κ1) is 15.9. The number of carbonyl (C=O) groups is 2. The highest BCUT2D eigenvalue weighted by Crippen LogP contribution is 2.28. The molecule has 0 aliphatic carbocycles. The van der Waals surface area contributed by atoms with Crippen molar-refractivity contribution in [3.05, 3.63) is 30.1 Å². The van der Waals surface area contributed by atoms with Crippen LogP contribution >= 0.6 is 0 Å². The average molecular weight is 317 g/mol. The number of aromatic nitrogens is 1. The summed E-state index contributed by atoms with van der Waals surface area (Å²) in [7, 11) is 0. The molecule has 2 amide bonds. The van der Waals surface area contributed by atoms with E-state index in [4.69, 9.17) is 4.74 Å². The molecule has 0 saturated carbocycles. The number of pyridine rings is 1. The number of hydrogen-bond donors (Lipinski definition) is 0. The van der Waals surface area contributed by atoms with Crippen molar-refractivity contribution in [1.29, 1.82) is 0 Å². The Morgan fingerprint density at radius 3 is 2.74 bits per heavy atom. The molecular formula is C17H23N3O3. The molecule has 6 heteroatoms. The van der Waals surface area contributed by atoms with Crippen molar-refractivity contribution in [3.8, 4) is 0 Å². The Kier molecular flexibility index (Phi) is 4.91. The number of amides is 2. The van der Waals surface area contributed by atoms with Gasteiger partial charge in [-0.05, 0) is 37.8 Å². The minimum absolute atomic E-state index is 0.0309. The summed E-state index contributed by atoms with van der Waals surface area (Å²) < 4.78 is 5.26. The van der Waals surface area contributed by atoms with Gasteiger partial charge in [-0.1, -0.05) is 0 Å². The summed E-state index contributed by atoms with van der Waals surface area (Å²) >= 11 is 0. The van der Waals surface area contributed by atoms with E-state index in [2.05, 4.69) is 4.98 Å². The quantitative estimate of drug-likeness (QED) is 0.836. The Balaban J connectivity index is 1.71. The van der Waals surface area contributed by atoms with Crippen LogP contribution in [0, 0.1) is 5.92 Å². The van der Waals surface area contributed by atoms with Crippen molar-refractivity contribution in [2.24, 2.45) is 5.92 Å². The van der Waals surface area contributed by atoms with E-state index in [1.165, 1.54) is 0 Å². The minimum atomic E-state index is 0.0309. The van der Waals surface area contributed by atoms with Gasteiger partial charge in [0, 0.05) is 50.2 Å². The van der Waals surface area contributed by atoms with Crippen LogP contribution in [0.15, 0.2) is 24.5 Å². The normalized spacial score (nSPS) is 23.7. The lowest BCUT2D eigenvalue weighted by molar-refractivity contribution is -0.140. The highest BCUT2D eigenvalue weighted by Gasteiger charge is 2.38. The number of carbonyl (C=O) groups excluding carboxylic acids is 2. The second-order valence-corrected chi connectivity index (χ2v) is 6.23. The monoisotopic (exact) mass is 317 g/mol. The summed E-state index contributed by atoms with van der Waals surface area (Å²) in [5, 5.41) is 0. The zero-order valence-electron chi connectivity index (χ0n) is 13.5. The molecule has 3 fully saturated rings. The molecule has 3 aliphatic heterocycles. The summed E-state index contributed by atoms with van der Waals surface area (Å²) in [6, 6.07) is 3.59. The molecule has 4 heterocycles. The second-order valence-electron chi connectivity index (χ2n) is 6.23. The Morgan fingerprint density at radius 1 is 1.22 bits per heavy atom. The van der Waals surface area contributed by atoms with E-state index in [-0.39, 0.29) is 24.5 Å². The third kappa shape index (κ3) is 3.52. The van der Waals surface area contributed by atoms with E-state index in [0.29, 0.717) is 24.6 Å². The Morgan fingerprint density at radius 2 is 2.00 bits per heavy atom. The van der Waals surface area contributed by atoms with Gasteiger partial charge in [0.15, 0.2) is 0 Å². The number of fused-ring (bicyclic) bond motifs is 4. The van der Waals surface area contributed by atoms with Crippen molar-refractivity contribution < 1.29 is 14.3 Å². The fourth-order valence-corrected chi connectivity index (χ4v) is 3.50. The van der Waals surface area contributed by atoms with Crippen LogP contribution in [0.5, 0.6) is 0 Å². The van der Waals surface area contributed by atoms with Crippen LogP contribution in [-0.2, 0) is 9.53 Å². The predicted octanol–water partition coefficient (Wildman–Crippen LogP) is 1.18. The molecule has 124 valence electrons. The molecule has 0 radical (unpaired) electrons. The summed E-state index contributed by atoms with van der Waals surface area (Å²) in [6.07, 6.45) is 5.31. The van der Waals surface area contributed by atoms with Crippen molar-refractivity contribution in [1.82, 2.24) is 14.8 Å². The second kappa shape index (κ2) is 7.08. The SMILES string of the molecule is CCOCC(=O)N1C[C@@H]2CC[C@H]1CN(C(=O)c1ccncc1)C2. The largest absolute Gasteiger partial charge is 0.372 e. The maximum Gasteiger partial charge on any atom is 0.254 e. The first-order valence-electron chi connectivity index (χ1n) is 8.25. The van der Waals surface area contributed by atoms with Gasteiger partial charge in [0.05, 0.1) is 0 Å². The van der Waals surface area contributed by atoms with Crippen LogP contribution in [0.25, 0.3) is 0 Å². The zero-order chi connectivity index (χ0) is 16.2. The van der Waals surface area contributed by atoms with Gasteiger partial charge in [0.2, 0.25) is 5.91 Å². The first-order valence-corrected chi connectivity index (χ1v) is 8.25. The van der Waals surface area contributed by atoms with E-state index in [1.54, 1.807) is 24.5 Å². The zero-order valence-corrected chi connectivity index (χ0v) is 13.5. The van der Waals surface area contributed by atoms with Crippen LogP contribution in [0.2, 0.25) is 0 Å². The number of rotatable bonds is 4. The molecule has 1 aromatic heterocycles. The summed E-state index contributed by atoms with van der Waals surface area (Å²) in [6.45, 7) is 4.62. The number of ether oxygens (including phenoxy) is 1. The lowest BCUT2D eigenvalue weighted by atomic mass is 9.95. The van der Waals surface area contributed by atoms with Crippen molar-refractivity contribution in [2.75, 3.05) is 32.8 Å². The third-order valence-corrected chi connectivity index (χ3v) is 4.68. The fourth-order valence-electron chi connectivity index (χ4n) is 3.50. The smallest absolute Gasteiger partial charge is 0.254 e. The molecule has 3 saturated heterocycles. The van der Waals surface area contributed by atoms with Crippen molar-refractivity contribution >= 4 is 11.8 Å². The van der Waals surface area contributed by atoms with Gasteiger partial charge in [-0.2, -0.15) is 0 Å². The maximum absolute atomic E-state index is 12.7. The first-order chi connectivity index (χ1) is 11.2.